The molecule has 0 spiro atoms. The topological polar surface area (TPSA) is 74.7 Å². The molecule has 11 heteroatoms. The summed E-state index contributed by atoms with van der Waals surface area (Å²) in [5.74, 6) is -1.06. The largest absolute Gasteiger partial charge is 0.481 e. The number of nitrogens with zero attached hydrogens (tertiary/aromatic N) is 1. The molecule has 0 fully saturated rings. The van der Waals surface area contributed by atoms with Crippen molar-refractivity contribution in [3.8, 4) is 0 Å². The second kappa shape index (κ2) is 9.07. The van der Waals surface area contributed by atoms with Crippen molar-refractivity contribution in [2.24, 2.45) is 0 Å². The molecular formula is C16H12Cl5NO4S. The fraction of sp³-hybridized carbons (Fsp3) is 0.188. The summed E-state index contributed by atoms with van der Waals surface area (Å²) in [4.78, 5) is 10.6. The first-order valence-corrected chi connectivity index (χ1v) is 10.7. The number of anilines is 1. The maximum atomic E-state index is 13.2. The van der Waals surface area contributed by atoms with Gasteiger partial charge in [-0.15, -0.1) is 0 Å². The summed E-state index contributed by atoms with van der Waals surface area (Å²) in [6.07, 6.45) is -0.211. The van der Waals surface area contributed by atoms with Crippen LogP contribution in [0.4, 0.5) is 5.69 Å². The average molecular weight is 492 g/mol. The molecule has 0 atom stereocenters. The SMILES string of the molecule is O=C(O)CCCN(c1cc(Cl)c(Cl)cc1Cl)S(=O)(=O)c1cc(Cl)ccc1Cl. The number of hydrogen-bond donors (Lipinski definition) is 1. The monoisotopic (exact) mass is 489 g/mol. The molecule has 0 amide bonds. The molecule has 0 aromatic heterocycles. The Morgan fingerprint density at radius 1 is 0.926 bits per heavy atom. The van der Waals surface area contributed by atoms with E-state index < -0.39 is 16.0 Å². The predicted octanol–water partition coefficient (Wildman–Crippen LogP) is 6.01. The molecule has 2 aromatic rings. The Balaban J connectivity index is 2.60. The molecule has 0 aliphatic heterocycles. The van der Waals surface area contributed by atoms with Gasteiger partial charge in [0.2, 0.25) is 0 Å². The summed E-state index contributed by atoms with van der Waals surface area (Å²) in [6.45, 7) is -0.171. The maximum Gasteiger partial charge on any atom is 0.303 e. The number of rotatable bonds is 7. The van der Waals surface area contributed by atoms with E-state index in [4.69, 9.17) is 63.1 Å². The average Bonchev–Trinajstić information content (AvgIpc) is 2.57. The highest BCUT2D eigenvalue weighted by Gasteiger charge is 2.29. The van der Waals surface area contributed by atoms with E-state index in [1.54, 1.807) is 0 Å². The third-order valence-electron chi connectivity index (χ3n) is 3.47. The van der Waals surface area contributed by atoms with Crippen LogP contribution in [0.25, 0.3) is 0 Å². The van der Waals surface area contributed by atoms with Crippen LogP contribution in [0, 0.1) is 0 Å². The molecule has 5 nitrogen and oxygen atoms in total. The standard InChI is InChI=1S/C16H12Cl5NO4S/c17-9-3-4-10(18)15(6-9)27(25,26)22(5-1-2-16(23)24)14-8-12(20)11(19)7-13(14)21/h3-4,6-8H,1-2,5H2,(H,23,24). The second-order valence-electron chi connectivity index (χ2n) is 5.37. The number of sulfonamides is 1. The van der Waals surface area contributed by atoms with Gasteiger partial charge in [0.1, 0.15) is 4.90 Å². The first kappa shape index (κ1) is 22.4. The maximum absolute atomic E-state index is 13.2. The Morgan fingerprint density at radius 3 is 2.19 bits per heavy atom. The van der Waals surface area contributed by atoms with Crippen molar-refractivity contribution < 1.29 is 18.3 Å². The molecule has 1 N–H and O–H groups in total. The Morgan fingerprint density at radius 2 is 1.56 bits per heavy atom. The molecule has 0 saturated carbocycles. The molecule has 0 saturated heterocycles. The van der Waals surface area contributed by atoms with E-state index in [1.165, 1.54) is 30.3 Å². The van der Waals surface area contributed by atoms with Gasteiger partial charge in [-0.1, -0.05) is 58.0 Å². The van der Waals surface area contributed by atoms with Crippen LogP contribution in [-0.2, 0) is 14.8 Å². The van der Waals surface area contributed by atoms with Crippen LogP contribution in [0.5, 0.6) is 0 Å². The molecular weight excluding hydrogens is 480 g/mol. The quantitative estimate of drug-likeness (QED) is 0.481. The molecule has 0 unspecified atom stereocenters. The van der Waals surface area contributed by atoms with E-state index in [2.05, 4.69) is 0 Å². The van der Waals surface area contributed by atoms with Crippen LogP contribution < -0.4 is 4.31 Å². The van der Waals surface area contributed by atoms with Gasteiger partial charge in [0, 0.05) is 18.0 Å². The highest BCUT2D eigenvalue weighted by Crippen LogP contribution is 2.38. The molecule has 2 rings (SSSR count). The number of hydrogen-bond acceptors (Lipinski definition) is 3. The number of benzene rings is 2. The number of carboxylic acid groups (broad SMARTS) is 1. The zero-order chi connectivity index (χ0) is 20.4. The van der Waals surface area contributed by atoms with E-state index in [0.29, 0.717) is 0 Å². The van der Waals surface area contributed by atoms with Crippen molar-refractivity contribution in [1.29, 1.82) is 0 Å². The van der Waals surface area contributed by atoms with Crippen molar-refractivity contribution in [1.82, 2.24) is 0 Å². The summed E-state index contributed by atoms with van der Waals surface area (Å²) in [6, 6.07) is 6.60. The summed E-state index contributed by atoms with van der Waals surface area (Å²) in [5.41, 5.74) is 0.0486. The minimum Gasteiger partial charge on any atom is -0.481 e. The predicted molar refractivity (Wildman–Crippen MR) is 109 cm³/mol. The Bertz CT molecular complexity index is 981. The molecule has 0 aliphatic rings. The summed E-state index contributed by atoms with van der Waals surface area (Å²) in [5, 5.41) is 9.25. The second-order valence-corrected chi connectivity index (χ2v) is 9.26. The Kier molecular flexibility index (Phi) is 7.53. The van der Waals surface area contributed by atoms with E-state index in [0.717, 1.165) is 4.31 Å². The zero-order valence-corrected chi connectivity index (χ0v) is 18.0. The smallest absolute Gasteiger partial charge is 0.303 e. The lowest BCUT2D eigenvalue weighted by atomic mass is 10.2. The molecule has 0 radical (unpaired) electrons. The third kappa shape index (κ3) is 5.34. The van der Waals surface area contributed by atoms with Crippen molar-refractivity contribution in [3.05, 3.63) is 55.4 Å². The number of carbonyl (C=O) groups is 1. The van der Waals surface area contributed by atoms with E-state index in [1.807, 2.05) is 0 Å². The lowest BCUT2D eigenvalue weighted by molar-refractivity contribution is -0.137. The summed E-state index contributed by atoms with van der Waals surface area (Å²) in [7, 11) is -4.22. The van der Waals surface area contributed by atoms with Crippen LogP contribution in [0.2, 0.25) is 25.1 Å². The highest BCUT2D eigenvalue weighted by atomic mass is 35.5. The number of halogens is 5. The van der Waals surface area contributed by atoms with Gasteiger partial charge in [0.25, 0.3) is 10.0 Å². The van der Waals surface area contributed by atoms with E-state index in [9.17, 15) is 13.2 Å². The zero-order valence-electron chi connectivity index (χ0n) is 13.4. The highest BCUT2D eigenvalue weighted by molar-refractivity contribution is 7.93. The fourth-order valence-electron chi connectivity index (χ4n) is 2.24. The van der Waals surface area contributed by atoms with Gasteiger partial charge >= 0.3 is 5.97 Å². The van der Waals surface area contributed by atoms with Gasteiger partial charge in [-0.05, 0) is 36.8 Å². The van der Waals surface area contributed by atoms with Crippen molar-refractivity contribution >= 4 is 79.7 Å². The molecule has 2 aromatic carbocycles. The fourth-order valence-corrected chi connectivity index (χ4v) is 5.19. The first-order valence-electron chi connectivity index (χ1n) is 7.38. The van der Waals surface area contributed by atoms with Gasteiger partial charge in [0.05, 0.1) is 25.8 Å². The lowest BCUT2D eigenvalue weighted by Crippen LogP contribution is -2.33. The van der Waals surface area contributed by atoms with Crippen molar-refractivity contribution in [3.63, 3.8) is 0 Å². The number of aliphatic carboxylic acids is 1. The molecule has 0 aliphatic carbocycles. The van der Waals surface area contributed by atoms with Crippen LogP contribution >= 0.6 is 58.0 Å². The van der Waals surface area contributed by atoms with Gasteiger partial charge in [-0.2, -0.15) is 0 Å². The van der Waals surface area contributed by atoms with Gasteiger partial charge in [0.15, 0.2) is 0 Å². The van der Waals surface area contributed by atoms with Crippen LogP contribution in [-0.4, -0.2) is 26.0 Å². The van der Waals surface area contributed by atoms with Crippen molar-refractivity contribution in [2.45, 2.75) is 17.7 Å². The van der Waals surface area contributed by atoms with E-state index in [-0.39, 0.29) is 55.1 Å². The van der Waals surface area contributed by atoms with Gasteiger partial charge in [-0.25, -0.2) is 8.42 Å². The normalized spacial score (nSPS) is 11.4. The Labute approximate surface area is 181 Å². The minimum atomic E-state index is -4.22. The van der Waals surface area contributed by atoms with Crippen LogP contribution in [0.1, 0.15) is 12.8 Å². The molecule has 0 bridgehead atoms. The van der Waals surface area contributed by atoms with Gasteiger partial charge < -0.3 is 5.11 Å². The Hall–Kier alpha value is -0.890. The number of carboxylic acids is 1. The molecule has 27 heavy (non-hydrogen) atoms. The minimum absolute atomic E-state index is 0.0291. The first-order chi connectivity index (χ1) is 12.5. The van der Waals surface area contributed by atoms with Crippen molar-refractivity contribution in [2.75, 3.05) is 10.8 Å². The van der Waals surface area contributed by atoms with Gasteiger partial charge in [-0.3, -0.25) is 9.10 Å². The van der Waals surface area contributed by atoms with Crippen LogP contribution in [0.3, 0.4) is 0 Å². The summed E-state index contributed by atoms with van der Waals surface area (Å²) >= 11 is 30.1. The van der Waals surface area contributed by atoms with E-state index >= 15 is 0 Å². The summed E-state index contributed by atoms with van der Waals surface area (Å²) < 4.78 is 27.4. The molecule has 146 valence electrons. The molecule has 0 heterocycles. The third-order valence-corrected chi connectivity index (χ3v) is 7.03. The lowest BCUT2D eigenvalue weighted by Gasteiger charge is -2.26. The van der Waals surface area contributed by atoms with Crippen LogP contribution in [0.15, 0.2) is 35.2 Å².